The Morgan fingerprint density at radius 2 is 1.97 bits per heavy atom. The van der Waals surface area contributed by atoms with Gasteiger partial charge in [-0.05, 0) is 49.7 Å². The van der Waals surface area contributed by atoms with Crippen LogP contribution in [-0.2, 0) is 17.5 Å². The van der Waals surface area contributed by atoms with Crippen molar-refractivity contribution in [3.05, 3.63) is 64.7 Å². The van der Waals surface area contributed by atoms with Crippen LogP contribution in [0.15, 0.2) is 47.9 Å². The van der Waals surface area contributed by atoms with Gasteiger partial charge in [0.1, 0.15) is 11.5 Å². The van der Waals surface area contributed by atoms with Crippen LogP contribution in [0.25, 0.3) is 0 Å². The molecule has 11 heteroatoms. The largest absolute Gasteiger partial charge is 0.433 e. The molecule has 2 aliphatic rings. The summed E-state index contributed by atoms with van der Waals surface area (Å²) >= 11 is 0. The van der Waals surface area contributed by atoms with E-state index in [1.165, 1.54) is 35.4 Å². The monoisotopic (exact) mass is 476 g/mol. The Morgan fingerprint density at radius 1 is 1.24 bits per heavy atom. The van der Waals surface area contributed by atoms with E-state index in [4.69, 9.17) is 5.73 Å². The molecule has 1 fully saturated rings. The Balaban J connectivity index is 1.32. The molecule has 1 saturated heterocycles. The number of rotatable bonds is 6. The number of hydrogen-bond acceptors (Lipinski definition) is 6. The van der Waals surface area contributed by atoms with Crippen LogP contribution < -0.4 is 21.5 Å². The van der Waals surface area contributed by atoms with E-state index in [0.29, 0.717) is 36.7 Å². The number of nitrogens with zero attached hydrogens (tertiary/aromatic N) is 4. The molecule has 0 radical (unpaired) electrons. The normalized spacial score (nSPS) is 19.3. The van der Waals surface area contributed by atoms with Crippen molar-refractivity contribution in [1.82, 2.24) is 19.8 Å². The molecule has 2 aromatic rings. The fourth-order valence-electron chi connectivity index (χ4n) is 4.60. The zero-order chi connectivity index (χ0) is 24.5. The van der Waals surface area contributed by atoms with Crippen molar-refractivity contribution in [2.24, 2.45) is 0 Å². The number of carbonyl (C=O) groups is 1. The number of anilines is 2. The molecule has 4 heterocycles. The number of piperidine rings is 1. The molecule has 34 heavy (non-hydrogen) atoms. The molecule has 0 unspecified atom stereocenters. The number of pyridine rings is 2. The lowest BCUT2D eigenvalue weighted by Gasteiger charge is -2.34. The molecular weight excluding hydrogens is 449 g/mol. The molecule has 8 nitrogen and oxygen atoms in total. The van der Waals surface area contributed by atoms with Crippen molar-refractivity contribution < 1.29 is 18.0 Å². The third-order valence-corrected chi connectivity index (χ3v) is 6.35. The van der Waals surface area contributed by atoms with Crippen LogP contribution in [0.1, 0.15) is 30.1 Å². The number of carbonyl (C=O) groups excluding carboxylic acids is 1. The van der Waals surface area contributed by atoms with Crippen LogP contribution in [0.5, 0.6) is 0 Å². The zero-order valence-electron chi connectivity index (χ0n) is 18.6. The summed E-state index contributed by atoms with van der Waals surface area (Å²) in [5.41, 5.74) is 6.05. The molecular formula is C23H27F3N6O2. The van der Waals surface area contributed by atoms with Crippen molar-refractivity contribution in [2.45, 2.75) is 37.6 Å². The number of nitrogen functional groups attached to an aromatic ring is 1. The summed E-state index contributed by atoms with van der Waals surface area (Å²) in [5.74, 6) is 0.123. The van der Waals surface area contributed by atoms with Crippen molar-refractivity contribution in [1.29, 1.82) is 0 Å². The van der Waals surface area contributed by atoms with Gasteiger partial charge in [-0.1, -0.05) is 12.6 Å². The number of amides is 1. The molecule has 0 saturated carbocycles. The molecule has 1 atom stereocenters. The van der Waals surface area contributed by atoms with E-state index in [1.807, 2.05) is 0 Å². The second kappa shape index (κ2) is 9.59. The predicted octanol–water partition coefficient (Wildman–Crippen LogP) is 2.17. The highest BCUT2D eigenvalue weighted by atomic mass is 19.4. The minimum Gasteiger partial charge on any atom is -0.396 e. The molecule has 0 aromatic carbocycles. The Morgan fingerprint density at radius 3 is 2.59 bits per heavy atom. The number of nitrogens with one attached hydrogen (secondary N) is 1. The van der Waals surface area contributed by atoms with Crippen molar-refractivity contribution in [3.8, 4) is 0 Å². The summed E-state index contributed by atoms with van der Waals surface area (Å²) < 4.78 is 39.5. The number of nitrogens with two attached hydrogens (primary N) is 1. The first-order valence-corrected chi connectivity index (χ1v) is 11.1. The summed E-state index contributed by atoms with van der Waals surface area (Å²) in [5, 5.41) is 3.39. The SMILES string of the molecule is C=CC(=O)N1C[C@@H](CN2CCC(NCc3ccc(C(F)(F)F)nc3)CC2)n2c1c(N)ccc2=O. The topological polar surface area (TPSA) is 96.5 Å². The highest BCUT2D eigenvalue weighted by Crippen LogP contribution is 2.33. The lowest BCUT2D eigenvalue weighted by molar-refractivity contribution is -0.141. The molecule has 0 spiro atoms. The Labute approximate surface area is 194 Å². The van der Waals surface area contributed by atoms with E-state index in [-0.39, 0.29) is 23.6 Å². The van der Waals surface area contributed by atoms with Gasteiger partial charge in [-0.3, -0.25) is 24.0 Å². The average Bonchev–Trinajstić information content (AvgIpc) is 3.20. The number of aromatic nitrogens is 2. The van der Waals surface area contributed by atoms with Crippen molar-refractivity contribution in [3.63, 3.8) is 0 Å². The second-order valence-electron chi connectivity index (χ2n) is 8.63. The molecule has 4 rings (SSSR count). The zero-order valence-corrected chi connectivity index (χ0v) is 18.6. The Kier molecular flexibility index (Phi) is 6.76. The fourth-order valence-corrected chi connectivity index (χ4v) is 4.60. The highest BCUT2D eigenvalue weighted by Gasteiger charge is 2.35. The molecule has 0 aliphatic carbocycles. The lowest BCUT2D eigenvalue weighted by Crippen LogP contribution is -2.45. The summed E-state index contributed by atoms with van der Waals surface area (Å²) in [4.78, 5) is 32.1. The molecule has 182 valence electrons. The van der Waals surface area contributed by atoms with Gasteiger partial charge in [0.05, 0.1) is 11.7 Å². The maximum atomic E-state index is 12.6. The van der Waals surface area contributed by atoms with Gasteiger partial charge in [0.15, 0.2) is 0 Å². The Bertz CT molecular complexity index is 1110. The molecule has 2 aromatic heterocycles. The number of hydrogen-bond donors (Lipinski definition) is 2. The van der Waals surface area contributed by atoms with Gasteiger partial charge >= 0.3 is 6.18 Å². The van der Waals surface area contributed by atoms with Gasteiger partial charge in [0, 0.05) is 37.9 Å². The van der Waals surface area contributed by atoms with Crippen LogP contribution in [0.3, 0.4) is 0 Å². The van der Waals surface area contributed by atoms with Gasteiger partial charge in [0.25, 0.3) is 11.5 Å². The third-order valence-electron chi connectivity index (χ3n) is 6.35. The van der Waals surface area contributed by atoms with Crippen LogP contribution in [-0.4, -0.2) is 52.6 Å². The van der Waals surface area contributed by atoms with E-state index in [2.05, 4.69) is 21.8 Å². The van der Waals surface area contributed by atoms with Crippen LogP contribution >= 0.6 is 0 Å². The summed E-state index contributed by atoms with van der Waals surface area (Å²) in [7, 11) is 0. The quantitative estimate of drug-likeness (QED) is 0.621. The van der Waals surface area contributed by atoms with Crippen molar-refractivity contribution >= 4 is 17.4 Å². The third kappa shape index (κ3) is 5.00. The summed E-state index contributed by atoms with van der Waals surface area (Å²) in [6, 6.07) is 5.39. The highest BCUT2D eigenvalue weighted by molar-refractivity contribution is 6.03. The van der Waals surface area contributed by atoms with E-state index >= 15 is 0 Å². The standard InChI is InChI=1S/C23H27F3N6O2/c1-2-20(33)31-14-17(32-21(34)6-4-18(27)22(31)32)13-30-9-7-16(8-10-30)28-11-15-3-5-19(29-12-15)23(24,25)26/h2-6,12,16-17,28H,1,7-11,13-14,27H2/t17-/m1/s1. The smallest absolute Gasteiger partial charge is 0.396 e. The fraction of sp³-hybridized carbons (Fsp3) is 0.435. The minimum atomic E-state index is -4.44. The Hall–Kier alpha value is -3.18. The molecule has 1 amide bonds. The minimum absolute atomic E-state index is 0.199. The van der Waals surface area contributed by atoms with Crippen LogP contribution in [0, 0.1) is 0 Å². The maximum Gasteiger partial charge on any atom is 0.433 e. The van der Waals surface area contributed by atoms with Gasteiger partial charge in [-0.25, -0.2) is 0 Å². The first kappa shape index (κ1) is 24.0. The van der Waals surface area contributed by atoms with E-state index in [0.717, 1.165) is 32.0 Å². The second-order valence-corrected chi connectivity index (χ2v) is 8.63. The van der Waals surface area contributed by atoms with E-state index < -0.39 is 11.9 Å². The van der Waals surface area contributed by atoms with Crippen LogP contribution in [0.2, 0.25) is 0 Å². The van der Waals surface area contributed by atoms with Gasteiger partial charge in [0.2, 0.25) is 0 Å². The maximum absolute atomic E-state index is 12.6. The van der Waals surface area contributed by atoms with E-state index in [1.54, 1.807) is 4.57 Å². The number of halogens is 3. The number of fused-ring (bicyclic) bond motifs is 1. The number of likely N-dealkylation sites (tertiary alicyclic amines) is 1. The molecule has 3 N–H and O–H groups in total. The van der Waals surface area contributed by atoms with Gasteiger partial charge in [-0.2, -0.15) is 13.2 Å². The van der Waals surface area contributed by atoms with E-state index in [9.17, 15) is 22.8 Å². The first-order valence-electron chi connectivity index (χ1n) is 11.1. The first-order chi connectivity index (χ1) is 16.2. The number of alkyl halides is 3. The van der Waals surface area contributed by atoms with Gasteiger partial charge in [-0.15, -0.1) is 0 Å². The predicted molar refractivity (Wildman–Crippen MR) is 122 cm³/mol. The van der Waals surface area contributed by atoms with Crippen molar-refractivity contribution in [2.75, 3.05) is 36.8 Å². The molecule has 2 aliphatic heterocycles. The average molecular weight is 477 g/mol. The lowest BCUT2D eigenvalue weighted by atomic mass is 10.0. The van der Waals surface area contributed by atoms with Crippen LogP contribution in [0.4, 0.5) is 24.7 Å². The summed E-state index contributed by atoms with van der Waals surface area (Å²) in [6.07, 6.45) is -0.260. The summed E-state index contributed by atoms with van der Waals surface area (Å²) in [6.45, 7) is 6.53. The van der Waals surface area contributed by atoms with Gasteiger partial charge < -0.3 is 16.0 Å². The molecule has 0 bridgehead atoms.